The second kappa shape index (κ2) is 4.53. The van der Waals surface area contributed by atoms with Crippen molar-refractivity contribution >= 4 is 22.3 Å². The van der Waals surface area contributed by atoms with Crippen LogP contribution in [0.1, 0.15) is 32.2 Å². The first kappa shape index (κ1) is 12.8. The molecule has 0 aliphatic heterocycles. The number of carbonyl (C=O) groups is 2. The summed E-state index contributed by atoms with van der Waals surface area (Å²) in [6, 6.07) is 17.6. The minimum atomic E-state index is -0.955. The fourth-order valence-corrected chi connectivity index (χ4v) is 3.19. The van der Waals surface area contributed by atoms with Crippen molar-refractivity contribution in [1.29, 1.82) is 0 Å². The van der Waals surface area contributed by atoms with Gasteiger partial charge in [-0.15, -0.1) is 0 Å². The number of fused-ring (bicyclic) bond motifs is 2. The lowest BCUT2D eigenvalue weighted by Crippen LogP contribution is -2.13. The monoisotopic (exact) mass is 288 g/mol. The lowest BCUT2D eigenvalue weighted by atomic mass is 9.89. The number of hydrogen-bond donors (Lipinski definition) is 1. The van der Waals surface area contributed by atoms with Gasteiger partial charge in [0.25, 0.3) is 0 Å². The molecular formula is C19H12O3. The van der Waals surface area contributed by atoms with Gasteiger partial charge in [-0.3, -0.25) is 9.59 Å². The Morgan fingerprint density at radius 1 is 0.727 bits per heavy atom. The zero-order valence-corrected chi connectivity index (χ0v) is 11.6. The molecule has 0 atom stereocenters. The van der Waals surface area contributed by atoms with Gasteiger partial charge >= 0.3 is 0 Å². The summed E-state index contributed by atoms with van der Waals surface area (Å²) in [5.74, 6) is -1.46. The molecule has 3 aromatic carbocycles. The first-order valence-electron chi connectivity index (χ1n) is 7.06. The summed E-state index contributed by atoms with van der Waals surface area (Å²) in [7, 11) is 0. The van der Waals surface area contributed by atoms with Gasteiger partial charge < -0.3 is 5.11 Å². The van der Waals surface area contributed by atoms with E-state index in [0.717, 1.165) is 10.8 Å². The Kier molecular flexibility index (Phi) is 2.63. The number of rotatable bonds is 1. The number of hydrogen-bond acceptors (Lipinski definition) is 3. The average Bonchev–Trinajstić information content (AvgIpc) is 2.80. The highest BCUT2D eigenvalue weighted by Crippen LogP contribution is 2.41. The molecule has 4 rings (SSSR count). The van der Waals surface area contributed by atoms with Crippen molar-refractivity contribution in [3.8, 4) is 5.75 Å². The van der Waals surface area contributed by atoms with Crippen molar-refractivity contribution in [3.05, 3.63) is 77.4 Å². The van der Waals surface area contributed by atoms with Gasteiger partial charge in [-0.25, -0.2) is 0 Å². The standard InChI is InChI=1S/C19H12O3/c20-15-10-9-11-5-1-2-6-12(11)16(15)17-18(21)13-7-3-4-8-14(13)19(17)22/h1-10,17,20H. The van der Waals surface area contributed by atoms with Gasteiger partial charge in [-0.05, 0) is 16.8 Å². The smallest absolute Gasteiger partial charge is 0.179 e. The largest absolute Gasteiger partial charge is 0.508 e. The summed E-state index contributed by atoms with van der Waals surface area (Å²) in [5.41, 5.74) is 1.28. The summed E-state index contributed by atoms with van der Waals surface area (Å²) >= 11 is 0. The highest BCUT2D eigenvalue weighted by molar-refractivity contribution is 6.30. The summed E-state index contributed by atoms with van der Waals surface area (Å²) < 4.78 is 0. The van der Waals surface area contributed by atoms with Gasteiger partial charge in [-0.2, -0.15) is 0 Å². The van der Waals surface area contributed by atoms with Crippen molar-refractivity contribution in [2.75, 3.05) is 0 Å². The quantitative estimate of drug-likeness (QED) is 0.694. The number of phenolic OH excluding ortho intramolecular Hbond substituents is 1. The lowest BCUT2D eigenvalue weighted by Gasteiger charge is -2.13. The van der Waals surface area contributed by atoms with E-state index < -0.39 is 5.92 Å². The van der Waals surface area contributed by atoms with E-state index in [0.29, 0.717) is 16.7 Å². The molecule has 3 aromatic rings. The molecule has 0 saturated carbocycles. The molecule has 0 spiro atoms. The molecule has 1 N–H and O–H groups in total. The van der Waals surface area contributed by atoms with Crippen LogP contribution in [0.4, 0.5) is 0 Å². The summed E-state index contributed by atoms with van der Waals surface area (Å²) in [6.07, 6.45) is 0. The molecule has 1 aliphatic rings. The van der Waals surface area contributed by atoms with Gasteiger partial charge in [0, 0.05) is 16.7 Å². The van der Waals surface area contributed by atoms with Crippen molar-refractivity contribution in [2.24, 2.45) is 0 Å². The maximum atomic E-state index is 12.7. The Bertz CT molecular complexity index is 905. The van der Waals surface area contributed by atoms with Gasteiger partial charge in [-0.1, -0.05) is 54.6 Å². The highest BCUT2D eigenvalue weighted by Gasteiger charge is 2.41. The number of ketones is 2. The van der Waals surface area contributed by atoms with Crippen LogP contribution < -0.4 is 0 Å². The van der Waals surface area contributed by atoms with E-state index in [2.05, 4.69) is 0 Å². The first-order chi connectivity index (χ1) is 10.7. The van der Waals surface area contributed by atoms with Crippen molar-refractivity contribution in [3.63, 3.8) is 0 Å². The number of Topliss-reactive ketones (excluding diaryl/α,β-unsaturated/α-hetero) is 2. The molecule has 106 valence electrons. The molecular weight excluding hydrogens is 276 g/mol. The maximum absolute atomic E-state index is 12.7. The molecule has 3 heteroatoms. The molecule has 0 heterocycles. The van der Waals surface area contributed by atoms with Crippen LogP contribution in [-0.4, -0.2) is 16.7 Å². The van der Waals surface area contributed by atoms with Crippen LogP contribution >= 0.6 is 0 Å². The number of phenols is 1. The van der Waals surface area contributed by atoms with E-state index >= 15 is 0 Å². The zero-order valence-electron chi connectivity index (χ0n) is 11.6. The van der Waals surface area contributed by atoms with Crippen LogP contribution in [0.25, 0.3) is 10.8 Å². The van der Waals surface area contributed by atoms with Crippen LogP contribution in [0, 0.1) is 0 Å². The fraction of sp³-hybridized carbons (Fsp3) is 0.0526. The molecule has 1 aliphatic carbocycles. The molecule has 0 radical (unpaired) electrons. The van der Waals surface area contributed by atoms with Crippen molar-refractivity contribution in [2.45, 2.75) is 5.92 Å². The predicted octanol–water partition coefficient (Wildman–Crippen LogP) is 3.71. The second-order valence-corrected chi connectivity index (χ2v) is 5.43. The van der Waals surface area contributed by atoms with Crippen LogP contribution in [0.15, 0.2) is 60.7 Å². The lowest BCUT2D eigenvalue weighted by molar-refractivity contribution is 0.0889. The van der Waals surface area contributed by atoms with Crippen LogP contribution in [-0.2, 0) is 0 Å². The van der Waals surface area contributed by atoms with Gasteiger partial charge in [0.15, 0.2) is 11.6 Å². The molecule has 0 bridgehead atoms. The Morgan fingerprint density at radius 2 is 1.32 bits per heavy atom. The maximum Gasteiger partial charge on any atom is 0.179 e. The summed E-state index contributed by atoms with van der Waals surface area (Å²) in [6.45, 7) is 0. The van der Waals surface area contributed by atoms with Crippen LogP contribution in [0.2, 0.25) is 0 Å². The third-order valence-corrected chi connectivity index (χ3v) is 4.22. The molecule has 0 unspecified atom stereocenters. The van der Waals surface area contributed by atoms with Crippen molar-refractivity contribution < 1.29 is 14.7 Å². The molecule has 0 amide bonds. The summed E-state index contributed by atoms with van der Waals surface area (Å²) in [4.78, 5) is 25.3. The third-order valence-electron chi connectivity index (χ3n) is 4.22. The van der Waals surface area contributed by atoms with Crippen molar-refractivity contribution in [1.82, 2.24) is 0 Å². The van der Waals surface area contributed by atoms with E-state index in [-0.39, 0.29) is 17.3 Å². The zero-order chi connectivity index (χ0) is 15.3. The third kappa shape index (κ3) is 1.62. The SMILES string of the molecule is O=C1c2ccccc2C(=O)C1c1c(O)ccc2ccccc12. The summed E-state index contributed by atoms with van der Waals surface area (Å²) in [5, 5.41) is 11.9. The van der Waals surface area contributed by atoms with Crippen LogP contribution in [0.3, 0.4) is 0 Å². The highest BCUT2D eigenvalue weighted by atomic mass is 16.3. The minimum Gasteiger partial charge on any atom is -0.508 e. The Hall–Kier alpha value is -2.94. The Balaban J connectivity index is 2.00. The van der Waals surface area contributed by atoms with Gasteiger partial charge in [0.1, 0.15) is 11.7 Å². The fourth-order valence-electron chi connectivity index (χ4n) is 3.19. The first-order valence-corrected chi connectivity index (χ1v) is 7.06. The number of carbonyl (C=O) groups excluding carboxylic acids is 2. The van der Waals surface area contributed by atoms with Gasteiger partial charge in [0.05, 0.1) is 0 Å². The molecule has 22 heavy (non-hydrogen) atoms. The predicted molar refractivity (Wildman–Crippen MR) is 83.5 cm³/mol. The number of benzene rings is 3. The molecule has 0 saturated heterocycles. The van der Waals surface area contributed by atoms with E-state index in [1.165, 1.54) is 0 Å². The molecule has 0 aromatic heterocycles. The average molecular weight is 288 g/mol. The Labute approximate surface area is 126 Å². The number of aromatic hydroxyl groups is 1. The van der Waals surface area contributed by atoms with E-state index in [9.17, 15) is 14.7 Å². The topological polar surface area (TPSA) is 54.4 Å². The van der Waals surface area contributed by atoms with Gasteiger partial charge in [0.2, 0.25) is 0 Å². The van der Waals surface area contributed by atoms with Crippen LogP contribution in [0.5, 0.6) is 5.75 Å². The molecule has 3 nitrogen and oxygen atoms in total. The Morgan fingerprint density at radius 3 is 2.00 bits per heavy atom. The molecule has 0 fully saturated rings. The van der Waals surface area contributed by atoms with E-state index in [4.69, 9.17) is 0 Å². The second-order valence-electron chi connectivity index (χ2n) is 5.43. The van der Waals surface area contributed by atoms with E-state index in [1.807, 2.05) is 24.3 Å². The minimum absolute atomic E-state index is 0.0155. The normalized spacial score (nSPS) is 14.5. The van der Waals surface area contributed by atoms with E-state index in [1.54, 1.807) is 36.4 Å².